The van der Waals surface area contributed by atoms with Crippen LogP contribution in [0.1, 0.15) is 5.56 Å². The molecule has 0 aliphatic rings. The monoisotopic (exact) mass is 435 g/mol. The Kier molecular flexibility index (Phi) is 6.43. The predicted octanol–water partition coefficient (Wildman–Crippen LogP) is 4.61. The van der Waals surface area contributed by atoms with Gasteiger partial charge in [0.05, 0.1) is 0 Å². The second-order valence-corrected chi connectivity index (χ2v) is 7.96. The zero-order valence-corrected chi connectivity index (χ0v) is 16.2. The Hall–Kier alpha value is -1.90. The van der Waals surface area contributed by atoms with Crippen LogP contribution in [0.5, 0.6) is 5.75 Å². The topological polar surface area (TPSA) is 64.1 Å². The highest BCUT2D eigenvalue weighted by Gasteiger charge is 2.10. The van der Waals surface area contributed by atoms with E-state index in [1.165, 1.54) is 16.9 Å². The van der Waals surface area contributed by atoms with Crippen LogP contribution >= 0.6 is 39.0 Å². The maximum absolute atomic E-state index is 11.9. The van der Waals surface area contributed by atoms with E-state index in [1.54, 1.807) is 23.9 Å². The molecule has 0 radical (unpaired) electrons. The molecule has 1 heterocycles. The van der Waals surface area contributed by atoms with E-state index in [2.05, 4.69) is 37.5 Å². The third-order valence-corrected chi connectivity index (χ3v) is 5.87. The largest absolute Gasteiger partial charge is 0.484 e. The minimum Gasteiger partial charge on any atom is -0.484 e. The van der Waals surface area contributed by atoms with Crippen LogP contribution < -0.4 is 10.1 Å². The van der Waals surface area contributed by atoms with Gasteiger partial charge < -0.3 is 4.74 Å². The van der Waals surface area contributed by atoms with Crippen molar-refractivity contribution < 1.29 is 9.53 Å². The zero-order valence-electron chi connectivity index (χ0n) is 13.0. The van der Waals surface area contributed by atoms with Gasteiger partial charge in [0.2, 0.25) is 5.13 Å². The fourth-order valence-corrected chi connectivity index (χ4v) is 4.28. The molecule has 25 heavy (non-hydrogen) atoms. The number of aromatic nitrogens is 2. The first-order valence-corrected chi connectivity index (χ1v) is 9.97. The average Bonchev–Trinajstić information content (AvgIpc) is 3.07. The van der Waals surface area contributed by atoms with E-state index < -0.39 is 0 Å². The van der Waals surface area contributed by atoms with Crippen molar-refractivity contribution in [3.63, 3.8) is 0 Å². The molecule has 0 aliphatic carbocycles. The maximum atomic E-state index is 11.9. The van der Waals surface area contributed by atoms with Gasteiger partial charge in [0.1, 0.15) is 5.75 Å². The normalized spacial score (nSPS) is 10.4. The number of hydrogen-bond donors (Lipinski definition) is 1. The van der Waals surface area contributed by atoms with Crippen LogP contribution in [0.2, 0.25) is 0 Å². The van der Waals surface area contributed by atoms with Crippen molar-refractivity contribution in [2.24, 2.45) is 0 Å². The summed E-state index contributed by atoms with van der Waals surface area (Å²) in [6.45, 7) is -0.0664. The Labute approximate surface area is 162 Å². The molecule has 0 spiro atoms. The molecule has 0 fully saturated rings. The van der Waals surface area contributed by atoms with Crippen LogP contribution in [-0.2, 0) is 10.5 Å². The van der Waals surface area contributed by atoms with Gasteiger partial charge in [-0.05, 0) is 23.8 Å². The van der Waals surface area contributed by atoms with Gasteiger partial charge in [0, 0.05) is 10.2 Å². The van der Waals surface area contributed by atoms with Crippen molar-refractivity contribution in [3.05, 3.63) is 64.6 Å². The van der Waals surface area contributed by atoms with Crippen LogP contribution in [0.4, 0.5) is 5.13 Å². The third-order valence-electron chi connectivity index (χ3n) is 3.07. The minimum absolute atomic E-state index is 0.0664. The molecule has 128 valence electrons. The number of halogens is 1. The average molecular weight is 436 g/mol. The summed E-state index contributed by atoms with van der Waals surface area (Å²) in [5.74, 6) is 1.17. The van der Waals surface area contributed by atoms with Crippen molar-refractivity contribution in [1.82, 2.24) is 10.2 Å². The number of para-hydroxylation sites is 1. The minimum atomic E-state index is -0.262. The van der Waals surface area contributed by atoms with E-state index in [-0.39, 0.29) is 12.5 Å². The summed E-state index contributed by atoms with van der Waals surface area (Å²) in [4.78, 5) is 11.9. The van der Waals surface area contributed by atoms with E-state index in [1.807, 2.05) is 36.4 Å². The van der Waals surface area contributed by atoms with Crippen LogP contribution in [-0.4, -0.2) is 22.7 Å². The summed E-state index contributed by atoms with van der Waals surface area (Å²) in [6.07, 6.45) is 0. The Morgan fingerprint density at radius 1 is 1.12 bits per heavy atom. The lowest BCUT2D eigenvalue weighted by molar-refractivity contribution is -0.118. The van der Waals surface area contributed by atoms with Crippen molar-refractivity contribution in [2.75, 3.05) is 11.9 Å². The lowest BCUT2D eigenvalue weighted by Crippen LogP contribution is -2.20. The van der Waals surface area contributed by atoms with E-state index in [0.29, 0.717) is 10.9 Å². The predicted molar refractivity (Wildman–Crippen MR) is 104 cm³/mol. The number of hydrogen-bond acceptors (Lipinski definition) is 6. The fraction of sp³-hybridized carbons (Fsp3) is 0.118. The first kappa shape index (κ1) is 17.9. The zero-order chi connectivity index (χ0) is 17.5. The van der Waals surface area contributed by atoms with Crippen LogP contribution in [0.15, 0.2) is 63.4 Å². The van der Waals surface area contributed by atoms with E-state index >= 15 is 0 Å². The molecule has 0 aliphatic heterocycles. The van der Waals surface area contributed by atoms with Crippen LogP contribution in [0.3, 0.4) is 0 Å². The van der Waals surface area contributed by atoms with E-state index in [9.17, 15) is 4.79 Å². The van der Waals surface area contributed by atoms with E-state index in [4.69, 9.17) is 4.74 Å². The molecule has 0 bridgehead atoms. The SMILES string of the molecule is O=C(COc1ccccc1)Nc1nnc(SCc2ccccc2Br)s1. The molecule has 3 aromatic rings. The second-order valence-electron chi connectivity index (χ2n) is 4.90. The summed E-state index contributed by atoms with van der Waals surface area (Å²) in [7, 11) is 0. The maximum Gasteiger partial charge on any atom is 0.264 e. The van der Waals surface area contributed by atoms with Gasteiger partial charge >= 0.3 is 0 Å². The van der Waals surface area contributed by atoms with Gasteiger partial charge in [-0.2, -0.15) is 0 Å². The first-order chi connectivity index (χ1) is 12.2. The van der Waals surface area contributed by atoms with Crippen molar-refractivity contribution in [1.29, 1.82) is 0 Å². The number of thioether (sulfide) groups is 1. The molecular weight excluding hydrogens is 422 g/mol. The van der Waals surface area contributed by atoms with E-state index in [0.717, 1.165) is 14.6 Å². The molecule has 0 atom stereocenters. The molecule has 0 saturated carbocycles. The van der Waals surface area contributed by atoms with Gasteiger partial charge in [-0.25, -0.2) is 0 Å². The summed E-state index contributed by atoms with van der Waals surface area (Å²) >= 11 is 6.45. The summed E-state index contributed by atoms with van der Waals surface area (Å²) in [5, 5.41) is 11.3. The van der Waals surface area contributed by atoms with Crippen LogP contribution in [0, 0.1) is 0 Å². The number of anilines is 1. The Morgan fingerprint density at radius 2 is 1.88 bits per heavy atom. The number of carbonyl (C=O) groups excluding carboxylic acids is 1. The molecule has 0 saturated heterocycles. The van der Waals surface area contributed by atoms with Crippen molar-refractivity contribution in [2.45, 2.75) is 10.1 Å². The highest BCUT2D eigenvalue weighted by Crippen LogP contribution is 2.30. The Bertz CT molecular complexity index is 843. The van der Waals surface area contributed by atoms with Crippen molar-refractivity contribution in [3.8, 4) is 5.75 Å². The lowest BCUT2D eigenvalue weighted by atomic mass is 10.2. The molecule has 8 heteroatoms. The molecule has 3 rings (SSSR count). The molecule has 1 amide bonds. The van der Waals surface area contributed by atoms with Gasteiger partial charge in [-0.15, -0.1) is 10.2 Å². The molecule has 5 nitrogen and oxygen atoms in total. The highest BCUT2D eigenvalue weighted by atomic mass is 79.9. The molecule has 1 N–H and O–H groups in total. The summed E-state index contributed by atoms with van der Waals surface area (Å²) in [6, 6.07) is 17.2. The molecule has 0 unspecified atom stereocenters. The third kappa shape index (κ3) is 5.55. The quantitative estimate of drug-likeness (QED) is 0.433. The van der Waals surface area contributed by atoms with Crippen molar-refractivity contribution >= 4 is 50.1 Å². The summed E-state index contributed by atoms with van der Waals surface area (Å²) in [5.41, 5.74) is 1.18. The number of amides is 1. The summed E-state index contributed by atoms with van der Waals surface area (Å²) < 4.78 is 7.27. The van der Waals surface area contributed by atoms with Gasteiger partial charge in [-0.1, -0.05) is 75.4 Å². The smallest absolute Gasteiger partial charge is 0.264 e. The standard InChI is InChI=1S/C17H14BrN3O2S2/c18-14-9-5-4-6-12(14)11-24-17-21-20-16(25-17)19-15(22)10-23-13-7-2-1-3-8-13/h1-9H,10-11H2,(H,19,20,22). The Balaban J connectivity index is 1.48. The van der Waals surface area contributed by atoms with Gasteiger partial charge in [0.25, 0.3) is 5.91 Å². The fourth-order valence-electron chi connectivity index (χ4n) is 1.89. The number of benzene rings is 2. The van der Waals surface area contributed by atoms with Gasteiger partial charge in [-0.3, -0.25) is 10.1 Å². The number of nitrogens with zero attached hydrogens (tertiary/aromatic N) is 2. The number of ether oxygens (including phenoxy) is 1. The van der Waals surface area contributed by atoms with Gasteiger partial charge in [0.15, 0.2) is 10.9 Å². The molecule has 1 aromatic heterocycles. The molecule has 2 aromatic carbocycles. The number of nitrogens with one attached hydrogen (secondary N) is 1. The second kappa shape index (κ2) is 8.98. The number of carbonyl (C=O) groups is 1. The molecular formula is C17H14BrN3O2S2. The first-order valence-electron chi connectivity index (χ1n) is 7.38. The Morgan fingerprint density at radius 3 is 2.68 bits per heavy atom. The number of rotatable bonds is 7. The van der Waals surface area contributed by atoms with Crippen LogP contribution in [0.25, 0.3) is 0 Å². The highest BCUT2D eigenvalue weighted by molar-refractivity contribution is 9.10. The lowest BCUT2D eigenvalue weighted by Gasteiger charge is -2.04.